The van der Waals surface area contributed by atoms with Gasteiger partial charge in [0, 0.05) is 30.1 Å². The van der Waals surface area contributed by atoms with Crippen molar-refractivity contribution in [1.82, 2.24) is 14.7 Å². The molecule has 21 heavy (non-hydrogen) atoms. The Hall–Kier alpha value is -1.33. The number of fused-ring (bicyclic) bond motifs is 1. The molecule has 0 bridgehead atoms. The zero-order valence-corrected chi connectivity index (χ0v) is 13.1. The van der Waals surface area contributed by atoms with Crippen LogP contribution in [-0.2, 0) is 6.54 Å². The minimum Gasteiger partial charge on any atom is -0.307 e. The lowest BCUT2D eigenvalue weighted by Gasteiger charge is -2.20. The van der Waals surface area contributed by atoms with E-state index < -0.39 is 0 Å². The van der Waals surface area contributed by atoms with Gasteiger partial charge in [0.15, 0.2) is 0 Å². The number of rotatable bonds is 5. The molecule has 3 rings (SSSR count). The van der Waals surface area contributed by atoms with Crippen LogP contribution >= 0.6 is 11.8 Å². The average molecular weight is 303 g/mol. The van der Waals surface area contributed by atoms with Crippen molar-refractivity contribution in [2.45, 2.75) is 44.0 Å². The molecule has 2 atom stereocenters. The molecule has 4 nitrogen and oxygen atoms in total. The highest BCUT2D eigenvalue weighted by molar-refractivity contribution is 7.99. The van der Waals surface area contributed by atoms with Crippen LogP contribution in [0.5, 0.6) is 0 Å². The van der Waals surface area contributed by atoms with Gasteiger partial charge >= 0.3 is 0 Å². The lowest BCUT2D eigenvalue weighted by molar-refractivity contribution is 0.527. The summed E-state index contributed by atoms with van der Waals surface area (Å²) in [6.45, 7) is 2.89. The van der Waals surface area contributed by atoms with E-state index in [0.717, 1.165) is 5.69 Å². The molecule has 0 amide bonds. The van der Waals surface area contributed by atoms with Crippen LogP contribution in [-0.4, -0.2) is 26.4 Å². The van der Waals surface area contributed by atoms with E-state index >= 15 is 0 Å². The topological polar surface area (TPSA) is 46.4 Å². The fourth-order valence-corrected chi connectivity index (χ4v) is 4.23. The molecule has 2 aromatic heterocycles. The van der Waals surface area contributed by atoms with Gasteiger partial charge in [0.2, 0.25) is 0 Å². The van der Waals surface area contributed by atoms with Gasteiger partial charge in [-0.15, -0.1) is 0 Å². The van der Waals surface area contributed by atoms with Crippen molar-refractivity contribution >= 4 is 17.4 Å². The average Bonchev–Trinajstić information content (AvgIpc) is 2.93. The number of aromatic nitrogens is 2. The molecule has 2 unspecified atom stereocenters. The van der Waals surface area contributed by atoms with Crippen molar-refractivity contribution in [1.29, 1.82) is 0 Å². The maximum Gasteiger partial charge on any atom is 0.258 e. The first-order valence-electron chi connectivity index (χ1n) is 7.60. The molecule has 0 aromatic carbocycles. The minimum atomic E-state index is -0.0108. The Balaban J connectivity index is 1.72. The first-order valence-corrected chi connectivity index (χ1v) is 8.65. The van der Waals surface area contributed by atoms with Crippen LogP contribution in [0, 0.1) is 0 Å². The van der Waals surface area contributed by atoms with E-state index in [1.54, 1.807) is 16.7 Å². The summed E-state index contributed by atoms with van der Waals surface area (Å²) in [5.41, 5.74) is 1.54. The van der Waals surface area contributed by atoms with Gasteiger partial charge in [-0.05, 0) is 30.7 Å². The zero-order valence-electron chi connectivity index (χ0n) is 12.3. The predicted molar refractivity (Wildman–Crippen MR) is 87.9 cm³/mol. The van der Waals surface area contributed by atoms with E-state index in [9.17, 15) is 4.79 Å². The predicted octanol–water partition coefficient (Wildman–Crippen LogP) is 2.46. The van der Waals surface area contributed by atoms with Crippen molar-refractivity contribution in [3.05, 3.63) is 46.5 Å². The normalized spacial score (nSPS) is 22.0. The molecule has 1 saturated carbocycles. The van der Waals surface area contributed by atoms with E-state index in [-0.39, 0.29) is 5.56 Å². The summed E-state index contributed by atoms with van der Waals surface area (Å²) >= 11 is 2.04. The lowest BCUT2D eigenvalue weighted by atomic mass is 10.2. The Bertz CT molecular complexity index is 670. The molecule has 0 spiro atoms. The van der Waals surface area contributed by atoms with Crippen LogP contribution in [0.4, 0.5) is 0 Å². The highest BCUT2D eigenvalue weighted by atomic mass is 32.2. The van der Waals surface area contributed by atoms with E-state index in [4.69, 9.17) is 0 Å². The third-order valence-electron chi connectivity index (χ3n) is 4.00. The second-order valence-corrected chi connectivity index (χ2v) is 6.94. The lowest BCUT2D eigenvalue weighted by Crippen LogP contribution is -2.34. The van der Waals surface area contributed by atoms with Gasteiger partial charge in [-0.2, -0.15) is 11.8 Å². The summed E-state index contributed by atoms with van der Waals surface area (Å²) in [7, 11) is 0. The van der Waals surface area contributed by atoms with Crippen molar-refractivity contribution < 1.29 is 0 Å². The third kappa shape index (κ3) is 3.30. The molecule has 1 aliphatic rings. The second-order valence-electron chi connectivity index (χ2n) is 5.43. The Morgan fingerprint density at radius 3 is 3.19 bits per heavy atom. The summed E-state index contributed by atoms with van der Waals surface area (Å²) in [6, 6.07) is 7.81. The van der Waals surface area contributed by atoms with E-state index in [0.29, 0.717) is 23.5 Å². The molecule has 0 radical (unpaired) electrons. The number of pyridine rings is 1. The Morgan fingerprint density at radius 1 is 1.43 bits per heavy atom. The van der Waals surface area contributed by atoms with Gasteiger partial charge in [-0.25, -0.2) is 4.98 Å². The van der Waals surface area contributed by atoms with Gasteiger partial charge in [-0.1, -0.05) is 19.4 Å². The van der Waals surface area contributed by atoms with Crippen LogP contribution in [0.1, 0.15) is 31.9 Å². The summed E-state index contributed by atoms with van der Waals surface area (Å²) in [4.78, 5) is 16.6. The molecule has 5 heteroatoms. The van der Waals surface area contributed by atoms with Crippen LogP contribution in [0.25, 0.3) is 5.65 Å². The maximum absolute atomic E-state index is 12.1. The second kappa shape index (κ2) is 6.62. The van der Waals surface area contributed by atoms with E-state index in [2.05, 4.69) is 17.2 Å². The molecule has 0 aliphatic heterocycles. The molecule has 2 aromatic rings. The summed E-state index contributed by atoms with van der Waals surface area (Å²) in [5, 5.41) is 4.30. The summed E-state index contributed by atoms with van der Waals surface area (Å²) in [6.07, 6.45) is 5.57. The van der Waals surface area contributed by atoms with E-state index in [1.165, 1.54) is 25.0 Å². The van der Waals surface area contributed by atoms with Gasteiger partial charge in [0.25, 0.3) is 5.56 Å². The number of nitrogens with one attached hydrogen (secondary N) is 1. The first kappa shape index (κ1) is 14.6. The fourth-order valence-electron chi connectivity index (χ4n) is 3.00. The molecule has 2 heterocycles. The van der Waals surface area contributed by atoms with Crippen LogP contribution in [0.3, 0.4) is 0 Å². The smallest absolute Gasteiger partial charge is 0.258 e. The SMILES string of the molecule is CCSC1CCCC1NCc1cc(=O)n2ccccc2n1. The van der Waals surface area contributed by atoms with Crippen LogP contribution in [0.2, 0.25) is 0 Å². The quantitative estimate of drug-likeness (QED) is 0.921. The first-order chi connectivity index (χ1) is 10.3. The summed E-state index contributed by atoms with van der Waals surface area (Å²) < 4.78 is 1.58. The standard InChI is InChI=1S/C16H21N3OS/c1-2-21-14-7-5-6-13(14)17-11-12-10-16(20)19-9-4-3-8-15(19)18-12/h3-4,8-10,13-14,17H,2,5-7,11H2,1H3. The minimum absolute atomic E-state index is 0.0108. The third-order valence-corrected chi connectivity index (χ3v) is 5.33. The van der Waals surface area contributed by atoms with Crippen molar-refractivity contribution in [3.8, 4) is 0 Å². The number of hydrogen-bond donors (Lipinski definition) is 1. The van der Waals surface area contributed by atoms with Crippen molar-refractivity contribution in [2.24, 2.45) is 0 Å². The zero-order chi connectivity index (χ0) is 14.7. The van der Waals surface area contributed by atoms with Gasteiger partial charge in [-0.3, -0.25) is 9.20 Å². The number of thioether (sulfide) groups is 1. The summed E-state index contributed by atoms with van der Waals surface area (Å²) in [5.74, 6) is 1.17. The molecule has 1 N–H and O–H groups in total. The highest BCUT2D eigenvalue weighted by Crippen LogP contribution is 2.29. The van der Waals surface area contributed by atoms with Gasteiger partial charge in [0.05, 0.1) is 5.69 Å². The Labute approximate surface area is 129 Å². The molecule has 1 aliphatic carbocycles. The maximum atomic E-state index is 12.1. The van der Waals surface area contributed by atoms with Crippen LogP contribution < -0.4 is 10.9 Å². The number of hydrogen-bond acceptors (Lipinski definition) is 4. The molecular formula is C16H21N3OS. The van der Waals surface area contributed by atoms with Crippen LogP contribution in [0.15, 0.2) is 35.3 Å². The van der Waals surface area contributed by atoms with Gasteiger partial charge < -0.3 is 5.32 Å². The molecule has 112 valence electrons. The Morgan fingerprint density at radius 2 is 2.33 bits per heavy atom. The van der Waals surface area contributed by atoms with Gasteiger partial charge in [0.1, 0.15) is 5.65 Å². The number of nitrogens with zero attached hydrogens (tertiary/aromatic N) is 2. The molecular weight excluding hydrogens is 282 g/mol. The van der Waals surface area contributed by atoms with E-state index in [1.807, 2.05) is 30.0 Å². The Kier molecular flexibility index (Phi) is 4.60. The van der Waals surface area contributed by atoms with Crippen molar-refractivity contribution in [2.75, 3.05) is 5.75 Å². The molecule has 0 saturated heterocycles. The largest absolute Gasteiger partial charge is 0.307 e. The fraction of sp³-hybridized carbons (Fsp3) is 0.500. The van der Waals surface area contributed by atoms with Crippen molar-refractivity contribution in [3.63, 3.8) is 0 Å². The monoisotopic (exact) mass is 303 g/mol. The highest BCUT2D eigenvalue weighted by Gasteiger charge is 2.26. The molecule has 1 fully saturated rings.